The topological polar surface area (TPSA) is 106 Å². The Labute approximate surface area is 151 Å². The minimum Gasteiger partial charge on any atom is -0.477 e. The molecule has 1 atom stereocenters. The second kappa shape index (κ2) is 7.77. The van der Waals surface area contributed by atoms with Crippen LogP contribution in [0.5, 0.6) is 0 Å². The molecule has 0 bridgehead atoms. The fourth-order valence-electron chi connectivity index (χ4n) is 2.19. The number of carbonyl (C=O) groups is 3. The first-order chi connectivity index (χ1) is 12.2. The highest BCUT2D eigenvalue weighted by molar-refractivity contribution is 5.98. The average Bonchev–Trinajstić information content (AvgIpc) is 2.58. The minimum atomic E-state index is -1.24. The SMILES string of the molecule is CC(C)(C)OC(=O)[C@@H](NC(=O)c1ccnc(C(=O)O)c1)c1ccccc1. The molecule has 7 nitrogen and oxygen atoms in total. The van der Waals surface area contributed by atoms with Gasteiger partial charge in [0.1, 0.15) is 11.3 Å². The largest absolute Gasteiger partial charge is 0.477 e. The van der Waals surface area contributed by atoms with Gasteiger partial charge in [-0.15, -0.1) is 0 Å². The summed E-state index contributed by atoms with van der Waals surface area (Å²) in [7, 11) is 0. The Hall–Kier alpha value is -3.22. The van der Waals surface area contributed by atoms with Gasteiger partial charge in [-0.2, -0.15) is 0 Å². The third-order valence-corrected chi connectivity index (χ3v) is 3.29. The number of nitrogens with zero attached hydrogens (tertiary/aromatic N) is 1. The number of aromatic carboxylic acids is 1. The molecule has 0 saturated carbocycles. The summed E-state index contributed by atoms with van der Waals surface area (Å²) in [6.45, 7) is 5.20. The predicted octanol–water partition coefficient (Wildman–Crippen LogP) is 2.59. The van der Waals surface area contributed by atoms with E-state index in [2.05, 4.69) is 10.3 Å². The first kappa shape index (κ1) is 19.1. The Balaban J connectivity index is 2.29. The standard InChI is InChI=1S/C19H20N2O5/c1-19(2,3)26-18(25)15(12-7-5-4-6-8-12)21-16(22)13-9-10-20-14(11-13)17(23)24/h4-11,15H,1-3H3,(H,21,22)(H,23,24)/t15-/m0/s1. The Kier molecular flexibility index (Phi) is 5.71. The molecule has 0 aliphatic heterocycles. The van der Waals surface area contributed by atoms with E-state index in [9.17, 15) is 14.4 Å². The molecular formula is C19H20N2O5. The van der Waals surface area contributed by atoms with Crippen molar-refractivity contribution in [3.8, 4) is 0 Å². The van der Waals surface area contributed by atoms with Crippen molar-refractivity contribution in [3.05, 3.63) is 65.5 Å². The molecule has 7 heteroatoms. The number of aromatic nitrogens is 1. The van der Waals surface area contributed by atoms with Crippen molar-refractivity contribution in [2.45, 2.75) is 32.4 Å². The van der Waals surface area contributed by atoms with E-state index in [-0.39, 0.29) is 11.3 Å². The zero-order chi connectivity index (χ0) is 19.3. The maximum Gasteiger partial charge on any atom is 0.354 e. The number of pyridine rings is 1. The molecule has 2 N–H and O–H groups in total. The molecule has 1 amide bonds. The van der Waals surface area contributed by atoms with Crippen LogP contribution in [0.15, 0.2) is 48.7 Å². The van der Waals surface area contributed by atoms with Crippen LogP contribution in [0.25, 0.3) is 0 Å². The lowest BCUT2D eigenvalue weighted by molar-refractivity contribution is -0.157. The number of carboxylic acid groups (broad SMARTS) is 1. The molecule has 0 aliphatic rings. The highest BCUT2D eigenvalue weighted by Crippen LogP contribution is 2.19. The molecule has 0 unspecified atom stereocenters. The van der Waals surface area contributed by atoms with E-state index in [1.54, 1.807) is 51.1 Å². The van der Waals surface area contributed by atoms with Gasteiger partial charge in [-0.3, -0.25) is 4.79 Å². The number of esters is 1. The summed E-state index contributed by atoms with van der Waals surface area (Å²) in [5, 5.41) is 11.6. The number of carbonyl (C=O) groups excluding carboxylic acids is 2. The van der Waals surface area contributed by atoms with Crippen LogP contribution in [0.2, 0.25) is 0 Å². The quantitative estimate of drug-likeness (QED) is 0.798. The van der Waals surface area contributed by atoms with Crippen molar-refractivity contribution in [2.75, 3.05) is 0 Å². The molecule has 0 radical (unpaired) electrons. The molecule has 1 heterocycles. The van der Waals surface area contributed by atoms with Gasteiger partial charge in [0.05, 0.1) is 0 Å². The molecule has 1 aromatic carbocycles. The van der Waals surface area contributed by atoms with Crippen molar-refractivity contribution in [3.63, 3.8) is 0 Å². The van der Waals surface area contributed by atoms with Gasteiger partial charge in [-0.1, -0.05) is 30.3 Å². The van der Waals surface area contributed by atoms with Crippen molar-refractivity contribution < 1.29 is 24.2 Å². The molecule has 0 aliphatic carbocycles. The lowest BCUT2D eigenvalue weighted by Gasteiger charge is -2.25. The van der Waals surface area contributed by atoms with Crippen LogP contribution >= 0.6 is 0 Å². The Morgan fingerprint density at radius 2 is 1.77 bits per heavy atom. The fraction of sp³-hybridized carbons (Fsp3) is 0.263. The van der Waals surface area contributed by atoms with Gasteiger partial charge in [-0.25, -0.2) is 14.6 Å². The number of hydrogen-bond acceptors (Lipinski definition) is 5. The number of ether oxygens (including phenoxy) is 1. The van der Waals surface area contributed by atoms with Crippen molar-refractivity contribution in [1.29, 1.82) is 0 Å². The highest BCUT2D eigenvalue weighted by Gasteiger charge is 2.28. The monoisotopic (exact) mass is 356 g/mol. The summed E-state index contributed by atoms with van der Waals surface area (Å²) in [6, 6.07) is 10.2. The van der Waals surface area contributed by atoms with Crippen LogP contribution < -0.4 is 5.32 Å². The number of benzene rings is 1. The van der Waals surface area contributed by atoms with Gasteiger partial charge < -0.3 is 15.2 Å². The molecule has 0 saturated heterocycles. The van der Waals surface area contributed by atoms with Crippen molar-refractivity contribution in [2.24, 2.45) is 0 Å². The van der Waals surface area contributed by atoms with Gasteiger partial charge >= 0.3 is 11.9 Å². The van der Waals surface area contributed by atoms with E-state index in [4.69, 9.17) is 9.84 Å². The lowest BCUT2D eigenvalue weighted by Crippen LogP contribution is -2.38. The van der Waals surface area contributed by atoms with Gasteiger partial charge in [0.25, 0.3) is 5.91 Å². The first-order valence-electron chi connectivity index (χ1n) is 7.95. The second-order valence-electron chi connectivity index (χ2n) is 6.59. The average molecular weight is 356 g/mol. The van der Waals surface area contributed by atoms with Crippen molar-refractivity contribution in [1.82, 2.24) is 10.3 Å². The van der Waals surface area contributed by atoms with Crippen LogP contribution in [-0.2, 0) is 9.53 Å². The number of amides is 1. The van der Waals surface area contributed by atoms with Gasteiger partial charge in [0, 0.05) is 11.8 Å². The van der Waals surface area contributed by atoms with Crippen LogP contribution in [0, 0.1) is 0 Å². The summed E-state index contributed by atoms with van der Waals surface area (Å²) in [5.74, 6) is -2.45. The Morgan fingerprint density at radius 3 is 2.35 bits per heavy atom. The highest BCUT2D eigenvalue weighted by atomic mass is 16.6. The summed E-state index contributed by atoms with van der Waals surface area (Å²) >= 11 is 0. The Bertz CT molecular complexity index is 812. The summed E-state index contributed by atoms with van der Waals surface area (Å²) in [6.07, 6.45) is 1.23. The number of nitrogens with one attached hydrogen (secondary N) is 1. The zero-order valence-electron chi connectivity index (χ0n) is 14.7. The molecule has 0 fully saturated rings. The Morgan fingerprint density at radius 1 is 1.12 bits per heavy atom. The molecule has 2 rings (SSSR count). The van der Waals surface area contributed by atoms with Crippen LogP contribution in [0.3, 0.4) is 0 Å². The normalized spacial score (nSPS) is 12.1. The first-order valence-corrected chi connectivity index (χ1v) is 7.95. The fourth-order valence-corrected chi connectivity index (χ4v) is 2.19. The van der Waals surface area contributed by atoms with Crippen LogP contribution in [-0.4, -0.2) is 33.5 Å². The molecular weight excluding hydrogens is 336 g/mol. The number of hydrogen-bond donors (Lipinski definition) is 2. The molecule has 136 valence electrons. The van der Waals surface area contributed by atoms with Crippen molar-refractivity contribution >= 4 is 17.8 Å². The van der Waals surface area contributed by atoms with E-state index in [1.165, 1.54) is 12.3 Å². The van der Waals surface area contributed by atoms with Crippen LogP contribution in [0.1, 0.15) is 53.2 Å². The van der Waals surface area contributed by atoms with Gasteiger partial charge in [0.15, 0.2) is 6.04 Å². The molecule has 2 aromatic rings. The van der Waals surface area contributed by atoms with E-state index in [0.29, 0.717) is 5.56 Å². The maximum atomic E-state index is 12.6. The third kappa shape index (κ3) is 5.14. The van der Waals surface area contributed by atoms with E-state index >= 15 is 0 Å². The minimum absolute atomic E-state index is 0.0851. The predicted molar refractivity (Wildman–Crippen MR) is 93.7 cm³/mol. The lowest BCUT2D eigenvalue weighted by atomic mass is 10.1. The summed E-state index contributed by atoms with van der Waals surface area (Å²) in [5.41, 5.74) is -0.335. The zero-order valence-corrected chi connectivity index (χ0v) is 14.7. The van der Waals surface area contributed by atoms with E-state index in [0.717, 1.165) is 6.07 Å². The number of rotatable bonds is 5. The summed E-state index contributed by atoms with van der Waals surface area (Å²) < 4.78 is 5.39. The molecule has 0 spiro atoms. The van der Waals surface area contributed by atoms with E-state index < -0.39 is 29.5 Å². The third-order valence-electron chi connectivity index (χ3n) is 3.29. The van der Waals surface area contributed by atoms with E-state index in [1.807, 2.05) is 0 Å². The van der Waals surface area contributed by atoms with Gasteiger partial charge in [0.2, 0.25) is 0 Å². The van der Waals surface area contributed by atoms with Gasteiger partial charge in [-0.05, 0) is 38.5 Å². The molecule has 1 aromatic heterocycles. The maximum absolute atomic E-state index is 12.6. The number of carboxylic acids is 1. The second-order valence-corrected chi connectivity index (χ2v) is 6.59. The molecule has 26 heavy (non-hydrogen) atoms. The summed E-state index contributed by atoms with van der Waals surface area (Å²) in [4.78, 5) is 39.8. The van der Waals surface area contributed by atoms with Crippen LogP contribution in [0.4, 0.5) is 0 Å². The smallest absolute Gasteiger partial charge is 0.354 e.